The molecule has 2 atom stereocenters. The van der Waals surface area contributed by atoms with Gasteiger partial charge in [0.1, 0.15) is 0 Å². The molecule has 112 valence electrons. The largest absolute Gasteiger partial charge is 0.387 e. The zero-order valence-corrected chi connectivity index (χ0v) is 13.1. The predicted octanol–water partition coefficient (Wildman–Crippen LogP) is 3.87. The zero-order chi connectivity index (χ0) is 14.5. The van der Waals surface area contributed by atoms with E-state index in [0.717, 1.165) is 24.6 Å². The normalized spacial score (nSPS) is 21.1. The standard InChI is InChI=1S/C18H29NO/c1-4-15-10-12-19(13-11-15)17(14(2)3)18(20)16-8-6-5-7-9-16/h5-9,14-15,17-18,20H,4,10-13H2,1-3H3. The van der Waals surface area contributed by atoms with Crippen LogP contribution >= 0.6 is 0 Å². The molecular formula is C18H29NO. The van der Waals surface area contributed by atoms with Gasteiger partial charge in [0.25, 0.3) is 0 Å². The maximum absolute atomic E-state index is 10.8. The van der Waals surface area contributed by atoms with E-state index in [4.69, 9.17) is 0 Å². The molecule has 0 aromatic heterocycles. The van der Waals surface area contributed by atoms with Crippen LogP contribution in [0.1, 0.15) is 51.7 Å². The van der Waals surface area contributed by atoms with Gasteiger partial charge in [-0.1, -0.05) is 57.5 Å². The summed E-state index contributed by atoms with van der Waals surface area (Å²) in [6.45, 7) is 9.00. The lowest BCUT2D eigenvalue weighted by atomic mass is 9.87. The monoisotopic (exact) mass is 275 g/mol. The first-order valence-corrected chi connectivity index (χ1v) is 8.10. The first-order valence-electron chi connectivity index (χ1n) is 8.10. The Hall–Kier alpha value is -0.860. The summed E-state index contributed by atoms with van der Waals surface area (Å²) < 4.78 is 0. The molecule has 1 fully saturated rings. The number of nitrogens with zero attached hydrogens (tertiary/aromatic N) is 1. The third kappa shape index (κ3) is 3.62. The average Bonchev–Trinajstić information content (AvgIpc) is 2.48. The van der Waals surface area contributed by atoms with Crippen LogP contribution in [0.2, 0.25) is 0 Å². The molecule has 0 bridgehead atoms. The summed E-state index contributed by atoms with van der Waals surface area (Å²) >= 11 is 0. The van der Waals surface area contributed by atoms with Crippen LogP contribution in [0.25, 0.3) is 0 Å². The molecule has 2 heteroatoms. The molecule has 0 radical (unpaired) electrons. The Morgan fingerprint density at radius 1 is 1.15 bits per heavy atom. The molecule has 1 N–H and O–H groups in total. The highest BCUT2D eigenvalue weighted by Gasteiger charge is 2.32. The topological polar surface area (TPSA) is 23.5 Å². The first-order chi connectivity index (χ1) is 9.63. The van der Waals surface area contributed by atoms with E-state index in [0.29, 0.717) is 5.92 Å². The van der Waals surface area contributed by atoms with E-state index in [9.17, 15) is 5.11 Å². The third-order valence-electron chi connectivity index (χ3n) is 4.80. The molecule has 0 saturated carbocycles. The highest BCUT2D eigenvalue weighted by Crippen LogP contribution is 2.30. The number of hydrogen-bond donors (Lipinski definition) is 1. The Morgan fingerprint density at radius 2 is 1.75 bits per heavy atom. The van der Waals surface area contributed by atoms with Crippen molar-refractivity contribution in [1.29, 1.82) is 0 Å². The predicted molar refractivity (Wildman–Crippen MR) is 84.6 cm³/mol. The summed E-state index contributed by atoms with van der Waals surface area (Å²) in [5.41, 5.74) is 1.05. The van der Waals surface area contributed by atoms with E-state index in [-0.39, 0.29) is 12.1 Å². The van der Waals surface area contributed by atoms with Crippen LogP contribution in [0.5, 0.6) is 0 Å². The number of rotatable bonds is 5. The van der Waals surface area contributed by atoms with Crippen molar-refractivity contribution in [2.45, 2.75) is 52.2 Å². The highest BCUT2D eigenvalue weighted by atomic mass is 16.3. The van der Waals surface area contributed by atoms with Crippen molar-refractivity contribution < 1.29 is 5.11 Å². The van der Waals surface area contributed by atoms with Crippen molar-refractivity contribution in [3.63, 3.8) is 0 Å². The zero-order valence-electron chi connectivity index (χ0n) is 13.1. The first kappa shape index (κ1) is 15.5. The van der Waals surface area contributed by atoms with Crippen LogP contribution in [-0.4, -0.2) is 29.1 Å². The van der Waals surface area contributed by atoms with Crippen LogP contribution < -0.4 is 0 Å². The number of likely N-dealkylation sites (tertiary alicyclic amines) is 1. The van der Waals surface area contributed by atoms with Gasteiger partial charge in [-0.3, -0.25) is 4.90 Å². The number of aliphatic hydroxyl groups is 1. The summed E-state index contributed by atoms with van der Waals surface area (Å²) in [7, 11) is 0. The van der Waals surface area contributed by atoms with Crippen LogP contribution in [0, 0.1) is 11.8 Å². The second kappa shape index (κ2) is 7.24. The Kier molecular flexibility index (Phi) is 5.62. The second-order valence-corrected chi connectivity index (χ2v) is 6.48. The molecule has 0 amide bonds. The summed E-state index contributed by atoms with van der Waals surface area (Å²) in [4.78, 5) is 2.51. The van der Waals surface area contributed by atoms with Gasteiger partial charge >= 0.3 is 0 Å². The van der Waals surface area contributed by atoms with Crippen molar-refractivity contribution in [2.75, 3.05) is 13.1 Å². The lowest BCUT2D eigenvalue weighted by Gasteiger charge is -2.41. The van der Waals surface area contributed by atoms with Crippen molar-refractivity contribution in [2.24, 2.45) is 11.8 Å². The smallest absolute Gasteiger partial charge is 0.0947 e. The van der Waals surface area contributed by atoms with Crippen molar-refractivity contribution >= 4 is 0 Å². The summed E-state index contributed by atoms with van der Waals surface area (Å²) in [5.74, 6) is 1.34. The van der Waals surface area contributed by atoms with Gasteiger partial charge in [-0.05, 0) is 43.3 Å². The molecule has 0 aliphatic carbocycles. The van der Waals surface area contributed by atoms with Gasteiger partial charge in [0.2, 0.25) is 0 Å². The number of benzene rings is 1. The van der Waals surface area contributed by atoms with Gasteiger partial charge in [0, 0.05) is 6.04 Å². The number of aliphatic hydroxyl groups excluding tert-OH is 1. The van der Waals surface area contributed by atoms with Gasteiger partial charge in [-0.15, -0.1) is 0 Å². The fourth-order valence-corrected chi connectivity index (χ4v) is 3.49. The Labute approximate surface area is 123 Å². The minimum atomic E-state index is -0.380. The quantitative estimate of drug-likeness (QED) is 0.882. The molecule has 2 rings (SSSR count). The number of hydrogen-bond acceptors (Lipinski definition) is 2. The molecule has 20 heavy (non-hydrogen) atoms. The van der Waals surface area contributed by atoms with E-state index < -0.39 is 0 Å². The summed E-state index contributed by atoms with van der Waals surface area (Å²) in [6.07, 6.45) is 3.47. The molecule has 1 aliphatic heterocycles. The van der Waals surface area contributed by atoms with Gasteiger partial charge in [-0.25, -0.2) is 0 Å². The van der Waals surface area contributed by atoms with Crippen molar-refractivity contribution in [3.05, 3.63) is 35.9 Å². The second-order valence-electron chi connectivity index (χ2n) is 6.48. The van der Waals surface area contributed by atoms with Gasteiger partial charge in [-0.2, -0.15) is 0 Å². The molecule has 1 saturated heterocycles. The molecule has 1 aromatic rings. The van der Waals surface area contributed by atoms with Crippen LogP contribution in [-0.2, 0) is 0 Å². The minimum absolute atomic E-state index is 0.232. The Balaban J connectivity index is 2.08. The van der Waals surface area contributed by atoms with Crippen LogP contribution in [0.3, 0.4) is 0 Å². The Morgan fingerprint density at radius 3 is 2.25 bits per heavy atom. The highest BCUT2D eigenvalue weighted by molar-refractivity contribution is 5.19. The van der Waals surface area contributed by atoms with Gasteiger partial charge < -0.3 is 5.11 Å². The van der Waals surface area contributed by atoms with E-state index >= 15 is 0 Å². The average molecular weight is 275 g/mol. The maximum Gasteiger partial charge on any atom is 0.0947 e. The molecule has 2 nitrogen and oxygen atoms in total. The van der Waals surface area contributed by atoms with Crippen molar-refractivity contribution in [3.8, 4) is 0 Å². The molecule has 0 spiro atoms. The summed E-state index contributed by atoms with van der Waals surface area (Å²) in [5, 5.41) is 10.8. The molecule has 1 aromatic carbocycles. The molecule has 1 aliphatic rings. The summed E-state index contributed by atoms with van der Waals surface area (Å²) in [6, 6.07) is 10.3. The van der Waals surface area contributed by atoms with E-state index in [2.05, 4.69) is 25.7 Å². The van der Waals surface area contributed by atoms with E-state index in [1.165, 1.54) is 19.3 Å². The maximum atomic E-state index is 10.8. The lowest BCUT2D eigenvalue weighted by molar-refractivity contribution is 0.00434. The van der Waals surface area contributed by atoms with Gasteiger partial charge in [0.15, 0.2) is 0 Å². The fraction of sp³-hybridized carbons (Fsp3) is 0.667. The van der Waals surface area contributed by atoms with E-state index in [1.54, 1.807) is 0 Å². The van der Waals surface area contributed by atoms with Gasteiger partial charge in [0.05, 0.1) is 6.10 Å². The van der Waals surface area contributed by atoms with Crippen molar-refractivity contribution in [1.82, 2.24) is 4.90 Å². The van der Waals surface area contributed by atoms with E-state index in [1.807, 2.05) is 30.3 Å². The number of piperidine rings is 1. The van der Waals surface area contributed by atoms with Crippen LogP contribution in [0.4, 0.5) is 0 Å². The molecular weight excluding hydrogens is 246 g/mol. The fourth-order valence-electron chi connectivity index (χ4n) is 3.49. The minimum Gasteiger partial charge on any atom is -0.387 e. The van der Waals surface area contributed by atoms with Crippen LogP contribution in [0.15, 0.2) is 30.3 Å². The Bertz CT molecular complexity index is 382. The third-order valence-corrected chi connectivity index (χ3v) is 4.80. The SMILES string of the molecule is CCC1CCN(C(C(C)C)C(O)c2ccccc2)CC1. The molecule has 2 unspecified atom stereocenters. The lowest BCUT2D eigenvalue weighted by Crippen LogP contribution is -2.47. The molecule has 1 heterocycles.